The van der Waals surface area contributed by atoms with Crippen LogP contribution in [-0.2, 0) is 0 Å². The fourth-order valence-electron chi connectivity index (χ4n) is 6.51. The molecular formula is C36H41N9S3. The first-order valence-corrected chi connectivity index (χ1v) is 18.7. The quantitative estimate of drug-likeness (QED) is 0.240. The zero-order chi connectivity index (χ0) is 33.4. The van der Waals surface area contributed by atoms with Gasteiger partial charge in [-0.25, -0.2) is 0 Å². The number of rotatable bonds is 3. The van der Waals surface area contributed by atoms with Gasteiger partial charge < -0.3 is 0 Å². The van der Waals surface area contributed by atoms with Crippen molar-refractivity contribution < 1.29 is 0 Å². The third kappa shape index (κ3) is 6.71. The van der Waals surface area contributed by atoms with Crippen LogP contribution in [0.2, 0.25) is 0 Å². The Morgan fingerprint density at radius 2 is 1.21 bits per heavy atom. The summed E-state index contributed by atoms with van der Waals surface area (Å²) in [4.78, 5) is 30.1. The van der Waals surface area contributed by atoms with Crippen molar-refractivity contribution >= 4 is 51.0 Å². The van der Waals surface area contributed by atoms with Crippen molar-refractivity contribution in [1.29, 1.82) is 0 Å². The number of pyridine rings is 1. The van der Waals surface area contributed by atoms with Gasteiger partial charge in [-0.15, -0.1) is 34.0 Å². The van der Waals surface area contributed by atoms with E-state index in [1.165, 1.54) is 51.8 Å². The highest BCUT2D eigenvalue weighted by Gasteiger charge is 2.35. The highest BCUT2D eigenvalue weighted by molar-refractivity contribution is 7.15. The molecular weight excluding hydrogens is 655 g/mol. The van der Waals surface area contributed by atoms with E-state index in [4.69, 9.17) is 0 Å². The van der Waals surface area contributed by atoms with Crippen LogP contribution in [0.1, 0.15) is 43.9 Å². The molecule has 0 spiro atoms. The van der Waals surface area contributed by atoms with E-state index in [0.717, 1.165) is 35.3 Å². The molecule has 248 valence electrons. The Bertz CT molecular complexity index is 1990. The lowest BCUT2D eigenvalue weighted by molar-refractivity contribution is 0.663. The van der Waals surface area contributed by atoms with Crippen LogP contribution < -0.4 is 32.0 Å². The summed E-state index contributed by atoms with van der Waals surface area (Å²) in [6, 6.07) is 14.4. The molecule has 0 bridgehead atoms. The van der Waals surface area contributed by atoms with E-state index in [1.807, 2.05) is 48.2 Å². The van der Waals surface area contributed by atoms with Crippen LogP contribution >= 0.6 is 34.0 Å². The molecule has 9 nitrogen and oxygen atoms in total. The van der Waals surface area contributed by atoms with Crippen molar-refractivity contribution in [3.63, 3.8) is 0 Å². The fourth-order valence-corrected chi connectivity index (χ4v) is 9.21. The van der Waals surface area contributed by atoms with E-state index < -0.39 is 0 Å². The van der Waals surface area contributed by atoms with E-state index in [0.29, 0.717) is 30.8 Å². The normalized spacial score (nSPS) is 23.5. The summed E-state index contributed by atoms with van der Waals surface area (Å²) in [6.07, 6.45) is 5.91. The lowest BCUT2D eigenvalue weighted by atomic mass is 9.95. The molecule has 0 aliphatic carbocycles. The highest BCUT2D eigenvalue weighted by Crippen LogP contribution is 2.31. The Kier molecular flexibility index (Phi) is 9.75. The van der Waals surface area contributed by atoms with Gasteiger partial charge in [0.25, 0.3) is 0 Å². The molecule has 4 unspecified atom stereocenters. The standard InChI is InChI=1S/2C12H15N3S.C12H11N3S/c1-7-5-13-11(9-4-3-8(2)16-9)12-10(7)14-6-15-12;2*1-7-3-4-10(16-7)9-5-13-8(2)11-12(9)15-6-14-11/h3-5,10,12,14-15H,6H2,1-2H3;3-5,11-12,14-15H,6H2,1-2H3;3-5H,6H2,1-2H3. The topological polar surface area (TPSA) is 110 Å². The predicted molar refractivity (Wildman–Crippen MR) is 201 cm³/mol. The fraction of sp³-hybridized carbons (Fsp3) is 0.361. The molecule has 2 saturated heterocycles. The van der Waals surface area contributed by atoms with Crippen LogP contribution in [-0.4, -0.2) is 60.6 Å². The van der Waals surface area contributed by atoms with Gasteiger partial charge in [0, 0.05) is 73.2 Å². The number of aryl methyl sites for hydroxylation is 4. The number of hydrogen-bond acceptors (Lipinski definition) is 12. The predicted octanol–water partition coefficient (Wildman–Crippen LogP) is 5.05. The summed E-state index contributed by atoms with van der Waals surface area (Å²) in [5.41, 5.74) is 7.06. The molecule has 0 aromatic carbocycles. The van der Waals surface area contributed by atoms with Crippen LogP contribution in [0.5, 0.6) is 0 Å². The third-order valence-electron chi connectivity index (χ3n) is 9.03. The lowest BCUT2D eigenvalue weighted by Crippen LogP contribution is -2.43. The monoisotopic (exact) mass is 695 g/mol. The lowest BCUT2D eigenvalue weighted by Gasteiger charge is -2.24. The van der Waals surface area contributed by atoms with Crippen molar-refractivity contribution in [1.82, 2.24) is 26.3 Å². The molecule has 5 aliphatic heterocycles. The Labute approximate surface area is 293 Å². The van der Waals surface area contributed by atoms with E-state index in [-0.39, 0.29) is 0 Å². The second-order valence-electron chi connectivity index (χ2n) is 12.5. The second-order valence-corrected chi connectivity index (χ2v) is 16.3. The van der Waals surface area contributed by atoms with Gasteiger partial charge in [-0.05, 0) is 83.5 Å². The first-order chi connectivity index (χ1) is 23.3. The molecule has 0 amide bonds. The molecule has 0 saturated carbocycles. The molecule has 48 heavy (non-hydrogen) atoms. The van der Waals surface area contributed by atoms with E-state index in [1.54, 1.807) is 11.3 Å². The minimum atomic E-state index is 0.336. The molecule has 4 atom stereocenters. The van der Waals surface area contributed by atoms with Crippen molar-refractivity contribution in [2.24, 2.45) is 20.0 Å². The van der Waals surface area contributed by atoms with Crippen LogP contribution in [0.25, 0.3) is 16.0 Å². The van der Waals surface area contributed by atoms with Crippen molar-refractivity contribution in [3.05, 3.63) is 101 Å². The van der Waals surface area contributed by atoms with Gasteiger partial charge in [-0.2, -0.15) is 0 Å². The number of nitrogens with one attached hydrogen (secondary N) is 4. The molecule has 2 fully saturated rings. The second kappa shape index (κ2) is 14.2. The summed E-state index contributed by atoms with van der Waals surface area (Å²) >= 11 is 5.43. The van der Waals surface area contributed by atoms with Crippen LogP contribution in [0.4, 0.5) is 0 Å². The minimum Gasteiger partial charge on any atom is -0.296 e. The van der Waals surface area contributed by atoms with Gasteiger partial charge >= 0.3 is 0 Å². The number of thiophene rings is 3. The maximum atomic E-state index is 4.60. The van der Waals surface area contributed by atoms with Gasteiger partial charge in [0.1, 0.15) is 12.0 Å². The van der Waals surface area contributed by atoms with Crippen molar-refractivity contribution in [2.45, 2.75) is 65.7 Å². The summed E-state index contributed by atoms with van der Waals surface area (Å²) < 4.78 is 0. The zero-order valence-electron chi connectivity index (χ0n) is 28.1. The average molecular weight is 696 g/mol. The van der Waals surface area contributed by atoms with Crippen molar-refractivity contribution in [2.75, 3.05) is 20.0 Å². The van der Waals surface area contributed by atoms with Gasteiger partial charge in [0.05, 0.1) is 45.8 Å². The Balaban J connectivity index is 0.000000114. The molecule has 9 heterocycles. The summed E-state index contributed by atoms with van der Waals surface area (Å²) in [7, 11) is 0. The minimum absolute atomic E-state index is 0.336. The molecule has 12 heteroatoms. The largest absolute Gasteiger partial charge is 0.296 e. The summed E-state index contributed by atoms with van der Waals surface area (Å²) in [5.74, 6) is 0. The number of nitrogens with zero attached hydrogens (tertiary/aromatic N) is 5. The van der Waals surface area contributed by atoms with Crippen LogP contribution in [0.15, 0.2) is 80.5 Å². The van der Waals surface area contributed by atoms with Gasteiger partial charge in [-0.3, -0.25) is 46.2 Å². The maximum Gasteiger partial charge on any atom is 0.131 e. The smallest absolute Gasteiger partial charge is 0.131 e. The van der Waals surface area contributed by atoms with E-state index in [9.17, 15) is 0 Å². The molecule has 4 N–H and O–H groups in total. The molecule has 4 aromatic rings. The molecule has 4 aromatic heterocycles. The zero-order valence-corrected chi connectivity index (χ0v) is 30.5. The maximum absolute atomic E-state index is 4.60. The molecule has 5 aliphatic rings. The molecule has 0 radical (unpaired) electrons. The first kappa shape index (κ1) is 33.0. The summed E-state index contributed by atoms with van der Waals surface area (Å²) in [6.45, 7) is 14.9. The number of aliphatic imine (C=N–C) groups is 2. The number of hydrogen-bond donors (Lipinski definition) is 4. The third-order valence-corrected chi connectivity index (χ3v) is 12.1. The van der Waals surface area contributed by atoms with Gasteiger partial charge in [0.15, 0.2) is 0 Å². The Hall–Kier alpha value is -3.49. The van der Waals surface area contributed by atoms with Gasteiger partial charge in [-0.1, -0.05) is 0 Å². The van der Waals surface area contributed by atoms with E-state index >= 15 is 0 Å². The van der Waals surface area contributed by atoms with Gasteiger partial charge in [0.2, 0.25) is 0 Å². The molecule has 9 rings (SSSR count). The Morgan fingerprint density at radius 3 is 1.90 bits per heavy atom. The average Bonchev–Trinajstić information content (AvgIpc) is 3.91. The first-order valence-electron chi connectivity index (χ1n) is 16.2. The van der Waals surface area contributed by atoms with Crippen molar-refractivity contribution in [3.8, 4) is 10.4 Å². The summed E-state index contributed by atoms with van der Waals surface area (Å²) in [5, 5.41) is 15.8. The number of fused-ring (bicyclic) bond motifs is 3. The highest BCUT2D eigenvalue weighted by atomic mass is 32.1. The Morgan fingerprint density at radius 1 is 0.604 bits per heavy atom. The SMILES string of the molecule is CC1=CN=C(c2ccc(C)s2)C2NCNC12.CC1=NC=C(c2ccc(C)s2)C2NCNC12.Cc1ccc(-c2cnc(C)c3c2=NCN=3)s1. The van der Waals surface area contributed by atoms with Crippen LogP contribution in [0, 0.1) is 27.7 Å². The number of aromatic nitrogens is 1. The van der Waals surface area contributed by atoms with E-state index in [2.05, 4.69) is 117 Å². The van der Waals surface area contributed by atoms with Crippen LogP contribution in [0.3, 0.4) is 0 Å².